The molecule has 0 aliphatic heterocycles. The molecule has 3 heteroatoms. The van der Waals surface area contributed by atoms with Gasteiger partial charge in [-0.1, -0.05) is 0 Å². The van der Waals surface area contributed by atoms with E-state index in [1.54, 1.807) is 6.92 Å². The fourth-order valence-electron chi connectivity index (χ4n) is 3.26. The first kappa shape index (κ1) is 10.9. The van der Waals surface area contributed by atoms with E-state index in [-0.39, 0.29) is 5.91 Å². The van der Waals surface area contributed by atoms with E-state index >= 15 is 0 Å². The molecule has 2 rings (SSSR count). The highest BCUT2D eigenvalue weighted by atomic mass is 16.1. The summed E-state index contributed by atoms with van der Waals surface area (Å²) in [6.45, 7) is 1.62. The van der Waals surface area contributed by atoms with Gasteiger partial charge in [0.15, 0.2) is 0 Å². The summed E-state index contributed by atoms with van der Waals surface area (Å²) in [6.07, 6.45) is 7.64. The number of amides is 1. The minimum atomic E-state index is 0.123. The standard InChI is InChI=1S/C12H22N2O/c1-9(15)14-10-3-5-12(6-4-10)7-11(8-12)13-2/h10-11,13H,3-8H2,1-2H3,(H,14,15). The first-order valence-corrected chi connectivity index (χ1v) is 6.08. The van der Waals surface area contributed by atoms with Crippen molar-refractivity contribution in [2.45, 2.75) is 57.5 Å². The van der Waals surface area contributed by atoms with Crippen LogP contribution in [0.4, 0.5) is 0 Å². The number of rotatable bonds is 2. The van der Waals surface area contributed by atoms with Crippen molar-refractivity contribution in [3.05, 3.63) is 0 Å². The van der Waals surface area contributed by atoms with Gasteiger partial charge in [0.1, 0.15) is 0 Å². The second kappa shape index (κ2) is 4.12. The summed E-state index contributed by atoms with van der Waals surface area (Å²) in [5.74, 6) is 0.123. The second-order valence-electron chi connectivity index (χ2n) is 5.37. The van der Waals surface area contributed by atoms with Gasteiger partial charge in [-0.3, -0.25) is 4.79 Å². The number of nitrogens with one attached hydrogen (secondary N) is 2. The molecule has 2 aliphatic rings. The minimum Gasteiger partial charge on any atom is -0.354 e. The van der Waals surface area contributed by atoms with Gasteiger partial charge in [-0.25, -0.2) is 0 Å². The summed E-state index contributed by atoms with van der Waals surface area (Å²) < 4.78 is 0. The Labute approximate surface area is 92.0 Å². The Morgan fingerprint density at radius 2 is 1.80 bits per heavy atom. The van der Waals surface area contributed by atoms with Gasteiger partial charge in [0, 0.05) is 19.0 Å². The lowest BCUT2D eigenvalue weighted by atomic mass is 9.58. The Morgan fingerprint density at radius 3 is 2.27 bits per heavy atom. The molecule has 0 radical (unpaired) electrons. The molecule has 0 unspecified atom stereocenters. The highest BCUT2D eigenvalue weighted by molar-refractivity contribution is 5.73. The third-order valence-corrected chi connectivity index (χ3v) is 4.22. The molecule has 0 bridgehead atoms. The van der Waals surface area contributed by atoms with Crippen molar-refractivity contribution in [1.29, 1.82) is 0 Å². The molecule has 2 aliphatic carbocycles. The van der Waals surface area contributed by atoms with Crippen LogP contribution in [0, 0.1) is 5.41 Å². The summed E-state index contributed by atoms with van der Waals surface area (Å²) >= 11 is 0. The van der Waals surface area contributed by atoms with Crippen molar-refractivity contribution in [3.8, 4) is 0 Å². The van der Waals surface area contributed by atoms with Gasteiger partial charge in [0.05, 0.1) is 0 Å². The first-order valence-electron chi connectivity index (χ1n) is 6.08. The van der Waals surface area contributed by atoms with E-state index in [1.165, 1.54) is 38.5 Å². The molecule has 0 atom stereocenters. The smallest absolute Gasteiger partial charge is 0.217 e. The number of hydrogen-bond acceptors (Lipinski definition) is 2. The van der Waals surface area contributed by atoms with Gasteiger partial charge in [-0.05, 0) is 51.0 Å². The van der Waals surface area contributed by atoms with Gasteiger partial charge < -0.3 is 10.6 Å². The molecule has 15 heavy (non-hydrogen) atoms. The molecule has 86 valence electrons. The Bertz CT molecular complexity index is 236. The molecule has 0 aromatic rings. The summed E-state index contributed by atoms with van der Waals surface area (Å²) in [5.41, 5.74) is 0.628. The maximum Gasteiger partial charge on any atom is 0.217 e. The van der Waals surface area contributed by atoms with Crippen molar-refractivity contribution < 1.29 is 4.79 Å². The Balaban J connectivity index is 1.76. The zero-order valence-electron chi connectivity index (χ0n) is 9.81. The van der Waals surface area contributed by atoms with Crippen LogP contribution in [0.25, 0.3) is 0 Å². The lowest BCUT2D eigenvalue weighted by molar-refractivity contribution is -0.120. The molecular formula is C12H22N2O. The van der Waals surface area contributed by atoms with Gasteiger partial charge in [-0.15, -0.1) is 0 Å². The van der Waals surface area contributed by atoms with E-state index in [0.717, 1.165) is 6.04 Å². The monoisotopic (exact) mass is 210 g/mol. The highest BCUT2D eigenvalue weighted by Gasteiger charge is 2.45. The van der Waals surface area contributed by atoms with Crippen LogP contribution in [-0.4, -0.2) is 25.0 Å². The van der Waals surface area contributed by atoms with Gasteiger partial charge in [0.2, 0.25) is 5.91 Å². The van der Waals surface area contributed by atoms with Crippen LogP contribution in [0.5, 0.6) is 0 Å². The van der Waals surface area contributed by atoms with Crippen molar-refractivity contribution in [2.75, 3.05) is 7.05 Å². The van der Waals surface area contributed by atoms with Crippen LogP contribution in [0.1, 0.15) is 45.4 Å². The van der Waals surface area contributed by atoms with Gasteiger partial charge in [-0.2, -0.15) is 0 Å². The third-order valence-electron chi connectivity index (χ3n) is 4.22. The van der Waals surface area contributed by atoms with Crippen LogP contribution < -0.4 is 10.6 Å². The van der Waals surface area contributed by atoms with Crippen LogP contribution in [0.2, 0.25) is 0 Å². The van der Waals surface area contributed by atoms with E-state index in [0.29, 0.717) is 11.5 Å². The average molecular weight is 210 g/mol. The Kier molecular flexibility index (Phi) is 3.01. The maximum atomic E-state index is 10.9. The average Bonchev–Trinajstić information content (AvgIpc) is 2.15. The van der Waals surface area contributed by atoms with Gasteiger partial charge >= 0.3 is 0 Å². The molecule has 0 aromatic heterocycles. The molecule has 0 saturated heterocycles. The lowest BCUT2D eigenvalue weighted by Crippen LogP contribution is -2.51. The van der Waals surface area contributed by atoms with Crippen molar-refractivity contribution in [3.63, 3.8) is 0 Å². The minimum absolute atomic E-state index is 0.123. The van der Waals surface area contributed by atoms with Crippen molar-refractivity contribution in [1.82, 2.24) is 10.6 Å². The highest BCUT2D eigenvalue weighted by Crippen LogP contribution is 2.51. The van der Waals surface area contributed by atoms with E-state index < -0.39 is 0 Å². The van der Waals surface area contributed by atoms with E-state index in [4.69, 9.17) is 0 Å². The molecule has 2 N–H and O–H groups in total. The van der Waals surface area contributed by atoms with Crippen molar-refractivity contribution in [2.24, 2.45) is 5.41 Å². The quantitative estimate of drug-likeness (QED) is 0.724. The van der Waals surface area contributed by atoms with Gasteiger partial charge in [0.25, 0.3) is 0 Å². The Morgan fingerprint density at radius 1 is 1.20 bits per heavy atom. The molecule has 3 nitrogen and oxygen atoms in total. The zero-order valence-corrected chi connectivity index (χ0v) is 9.81. The maximum absolute atomic E-state index is 10.9. The van der Waals surface area contributed by atoms with E-state index in [9.17, 15) is 4.79 Å². The van der Waals surface area contributed by atoms with E-state index in [2.05, 4.69) is 17.7 Å². The third kappa shape index (κ3) is 2.33. The van der Waals surface area contributed by atoms with Crippen LogP contribution in [0.15, 0.2) is 0 Å². The van der Waals surface area contributed by atoms with Crippen LogP contribution in [-0.2, 0) is 4.79 Å². The normalized spacial score (nSPS) is 39.9. The fraction of sp³-hybridized carbons (Fsp3) is 0.917. The predicted molar refractivity (Wildman–Crippen MR) is 60.6 cm³/mol. The predicted octanol–water partition coefficient (Wildman–Crippen LogP) is 1.43. The molecular weight excluding hydrogens is 188 g/mol. The number of hydrogen-bond donors (Lipinski definition) is 2. The summed E-state index contributed by atoms with van der Waals surface area (Å²) in [7, 11) is 2.06. The first-order chi connectivity index (χ1) is 7.13. The number of carbonyl (C=O) groups excluding carboxylic acids is 1. The summed E-state index contributed by atoms with van der Waals surface area (Å²) in [6, 6.07) is 1.20. The van der Waals surface area contributed by atoms with Crippen LogP contribution in [0.3, 0.4) is 0 Å². The van der Waals surface area contributed by atoms with Crippen LogP contribution >= 0.6 is 0 Å². The molecule has 1 amide bonds. The largest absolute Gasteiger partial charge is 0.354 e. The summed E-state index contributed by atoms with van der Waals surface area (Å²) in [4.78, 5) is 10.9. The Hall–Kier alpha value is -0.570. The zero-order chi connectivity index (χ0) is 10.9. The molecule has 2 fully saturated rings. The second-order valence-corrected chi connectivity index (χ2v) is 5.37. The number of carbonyl (C=O) groups is 1. The van der Waals surface area contributed by atoms with Crippen molar-refractivity contribution >= 4 is 5.91 Å². The topological polar surface area (TPSA) is 41.1 Å². The summed E-state index contributed by atoms with van der Waals surface area (Å²) in [5, 5.41) is 6.38. The molecule has 2 saturated carbocycles. The van der Waals surface area contributed by atoms with E-state index in [1.807, 2.05) is 0 Å². The lowest BCUT2D eigenvalue weighted by Gasteiger charge is -2.51. The SMILES string of the molecule is CNC1CC2(CCC(NC(C)=O)CC2)C1. The molecule has 0 heterocycles. The molecule has 0 aromatic carbocycles. The molecule has 1 spiro atoms. The fourth-order valence-corrected chi connectivity index (χ4v) is 3.26.